The van der Waals surface area contributed by atoms with Crippen molar-refractivity contribution in [2.45, 2.75) is 0 Å². The van der Waals surface area contributed by atoms with Crippen LogP contribution in [0.3, 0.4) is 0 Å². The first-order valence-corrected chi connectivity index (χ1v) is 4.12. The lowest BCUT2D eigenvalue weighted by atomic mass is 10.4. The highest BCUT2D eigenvalue weighted by molar-refractivity contribution is 5.41. The number of imidazole rings is 1. The van der Waals surface area contributed by atoms with Gasteiger partial charge < -0.3 is 20.9 Å². The van der Waals surface area contributed by atoms with Crippen LogP contribution in [0.1, 0.15) is 0 Å². The lowest BCUT2D eigenvalue weighted by Gasteiger charge is -2.27. The number of hydrogen-bond acceptors (Lipinski definition) is 4. The normalized spacial score (nSPS) is 18.2. The van der Waals surface area contributed by atoms with Gasteiger partial charge in [-0.2, -0.15) is 0 Å². The third kappa shape index (κ3) is 1.35. The number of aromatic amines is 1. The maximum absolute atomic E-state index is 5.48. The monoisotopic (exact) mass is 167 g/mol. The summed E-state index contributed by atoms with van der Waals surface area (Å²) in [6.45, 7) is 4.08. The molecule has 5 nitrogen and oxygen atoms in total. The molecule has 2 heterocycles. The van der Waals surface area contributed by atoms with Gasteiger partial charge in [-0.1, -0.05) is 0 Å². The molecule has 1 aromatic rings. The third-order valence-electron chi connectivity index (χ3n) is 2.04. The van der Waals surface area contributed by atoms with Crippen molar-refractivity contribution >= 4 is 11.8 Å². The number of piperazine rings is 1. The Morgan fingerprint density at radius 1 is 1.42 bits per heavy atom. The maximum atomic E-state index is 5.48. The second-order valence-electron chi connectivity index (χ2n) is 2.89. The highest BCUT2D eigenvalue weighted by Gasteiger charge is 2.11. The van der Waals surface area contributed by atoms with Crippen LogP contribution in [-0.4, -0.2) is 36.1 Å². The van der Waals surface area contributed by atoms with Crippen LogP contribution < -0.4 is 16.0 Å². The quantitative estimate of drug-likeness (QED) is 0.522. The lowest BCUT2D eigenvalue weighted by Crippen LogP contribution is -2.43. The minimum Gasteiger partial charge on any atom is -0.369 e. The summed E-state index contributed by atoms with van der Waals surface area (Å²) >= 11 is 0. The minimum atomic E-state index is 0.489. The number of nitrogens with zero attached hydrogens (tertiary/aromatic N) is 2. The zero-order valence-corrected chi connectivity index (χ0v) is 6.88. The molecule has 0 atom stereocenters. The van der Waals surface area contributed by atoms with Gasteiger partial charge in [0.2, 0.25) is 0 Å². The van der Waals surface area contributed by atoms with Crippen LogP contribution in [0.4, 0.5) is 11.8 Å². The van der Waals surface area contributed by atoms with Crippen LogP contribution in [0.2, 0.25) is 0 Å². The topological polar surface area (TPSA) is 70.0 Å². The first-order valence-electron chi connectivity index (χ1n) is 4.12. The molecule has 0 unspecified atom stereocenters. The summed E-state index contributed by atoms with van der Waals surface area (Å²) in [7, 11) is 0. The van der Waals surface area contributed by atoms with Crippen molar-refractivity contribution in [3.63, 3.8) is 0 Å². The summed E-state index contributed by atoms with van der Waals surface area (Å²) in [5, 5.41) is 3.28. The van der Waals surface area contributed by atoms with E-state index in [0.29, 0.717) is 5.95 Å². The highest BCUT2D eigenvalue weighted by atomic mass is 15.3. The average Bonchev–Trinajstić information content (AvgIpc) is 2.54. The molecule has 4 N–H and O–H groups in total. The van der Waals surface area contributed by atoms with Crippen molar-refractivity contribution in [1.82, 2.24) is 15.3 Å². The second kappa shape index (κ2) is 3.02. The van der Waals surface area contributed by atoms with E-state index in [1.165, 1.54) is 0 Å². The van der Waals surface area contributed by atoms with Gasteiger partial charge in [0, 0.05) is 26.2 Å². The molecule has 0 radical (unpaired) electrons. The summed E-state index contributed by atoms with van der Waals surface area (Å²) in [6.07, 6.45) is 1.78. The Labute approximate surface area is 71.0 Å². The molecule has 0 amide bonds. The zero-order valence-electron chi connectivity index (χ0n) is 6.88. The standard InChI is InChI=1S/C7H13N5/c8-7-10-5-6(11-7)12-3-1-9-2-4-12/h5,9H,1-4H2,(H3,8,10,11). The first kappa shape index (κ1) is 7.42. The highest BCUT2D eigenvalue weighted by Crippen LogP contribution is 2.11. The Kier molecular flexibility index (Phi) is 1.87. The molecule has 5 heteroatoms. The average molecular weight is 167 g/mol. The van der Waals surface area contributed by atoms with Crippen molar-refractivity contribution in [3.8, 4) is 0 Å². The fourth-order valence-corrected chi connectivity index (χ4v) is 1.39. The summed E-state index contributed by atoms with van der Waals surface area (Å²) in [5.41, 5.74) is 5.48. The maximum Gasteiger partial charge on any atom is 0.199 e. The van der Waals surface area contributed by atoms with Crippen LogP contribution >= 0.6 is 0 Å². The van der Waals surface area contributed by atoms with Crippen LogP contribution in [0.15, 0.2) is 6.20 Å². The van der Waals surface area contributed by atoms with E-state index in [4.69, 9.17) is 5.73 Å². The molecule has 1 saturated heterocycles. The van der Waals surface area contributed by atoms with E-state index in [0.717, 1.165) is 32.0 Å². The first-order chi connectivity index (χ1) is 5.86. The number of nitrogens with two attached hydrogens (primary N) is 1. The molecule has 1 aliphatic heterocycles. The Bertz CT molecular complexity index is 250. The Morgan fingerprint density at radius 2 is 2.17 bits per heavy atom. The summed E-state index contributed by atoms with van der Waals surface area (Å²) in [6, 6.07) is 0. The van der Waals surface area contributed by atoms with Crippen LogP contribution in [0, 0.1) is 0 Å². The molecular weight excluding hydrogens is 154 g/mol. The van der Waals surface area contributed by atoms with Crippen molar-refractivity contribution < 1.29 is 0 Å². The molecule has 0 bridgehead atoms. The second-order valence-corrected chi connectivity index (χ2v) is 2.89. The zero-order chi connectivity index (χ0) is 8.39. The number of anilines is 2. The molecule has 1 aliphatic rings. The SMILES string of the molecule is Nc1ncc(N2CCNCC2)[nH]1. The number of nitrogens with one attached hydrogen (secondary N) is 2. The van der Waals surface area contributed by atoms with Crippen molar-refractivity contribution in [2.75, 3.05) is 36.8 Å². The van der Waals surface area contributed by atoms with Crippen LogP contribution in [-0.2, 0) is 0 Å². The Morgan fingerprint density at radius 3 is 2.75 bits per heavy atom. The molecule has 12 heavy (non-hydrogen) atoms. The van der Waals surface area contributed by atoms with E-state index in [9.17, 15) is 0 Å². The van der Waals surface area contributed by atoms with E-state index < -0.39 is 0 Å². The largest absolute Gasteiger partial charge is 0.369 e. The molecule has 1 fully saturated rings. The molecule has 1 aromatic heterocycles. The van der Waals surface area contributed by atoms with Gasteiger partial charge >= 0.3 is 0 Å². The predicted octanol–water partition coefficient (Wildman–Crippen LogP) is -0.599. The summed E-state index contributed by atoms with van der Waals surface area (Å²) in [5.74, 6) is 1.51. The lowest BCUT2D eigenvalue weighted by molar-refractivity contribution is 0.586. The minimum absolute atomic E-state index is 0.489. The van der Waals surface area contributed by atoms with Gasteiger partial charge in [0.15, 0.2) is 5.95 Å². The number of aromatic nitrogens is 2. The van der Waals surface area contributed by atoms with E-state index in [1.54, 1.807) is 6.20 Å². The van der Waals surface area contributed by atoms with E-state index in [-0.39, 0.29) is 0 Å². The van der Waals surface area contributed by atoms with E-state index in [2.05, 4.69) is 20.2 Å². The van der Waals surface area contributed by atoms with Gasteiger partial charge in [-0.05, 0) is 0 Å². The fraction of sp³-hybridized carbons (Fsp3) is 0.571. The molecule has 2 rings (SSSR count). The van der Waals surface area contributed by atoms with Gasteiger partial charge in [0.05, 0.1) is 6.20 Å². The number of H-pyrrole nitrogens is 1. The van der Waals surface area contributed by atoms with Crippen LogP contribution in [0.25, 0.3) is 0 Å². The molecular formula is C7H13N5. The molecule has 0 aliphatic carbocycles. The fourth-order valence-electron chi connectivity index (χ4n) is 1.39. The van der Waals surface area contributed by atoms with Gasteiger partial charge in [-0.15, -0.1) is 0 Å². The number of rotatable bonds is 1. The van der Waals surface area contributed by atoms with E-state index >= 15 is 0 Å². The van der Waals surface area contributed by atoms with Gasteiger partial charge in [0.1, 0.15) is 5.82 Å². The number of nitrogen functional groups attached to an aromatic ring is 1. The summed E-state index contributed by atoms with van der Waals surface area (Å²) < 4.78 is 0. The van der Waals surface area contributed by atoms with Gasteiger partial charge in [-0.25, -0.2) is 4.98 Å². The summed E-state index contributed by atoms with van der Waals surface area (Å²) in [4.78, 5) is 9.20. The Hall–Kier alpha value is -1.23. The van der Waals surface area contributed by atoms with Gasteiger partial charge in [-0.3, -0.25) is 0 Å². The number of hydrogen-bond donors (Lipinski definition) is 3. The van der Waals surface area contributed by atoms with E-state index in [1.807, 2.05) is 0 Å². The molecule has 0 saturated carbocycles. The molecule has 0 aromatic carbocycles. The molecule has 0 spiro atoms. The van der Waals surface area contributed by atoms with Crippen LogP contribution in [0.5, 0.6) is 0 Å². The van der Waals surface area contributed by atoms with Crippen molar-refractivity contribution in [3.05, 3.63) is 6.20 Å². The molecule has 66 valence electrons. The van der Waals surface area contributed by atoms with Crippen molar-refractivity contribution in [1.29, 1.82) is 0 Å². The van der Waals surface area contributed by atoms with Crippen molar-refractivity contribution in [2.24, 2.45) is 0 Å². The third-order valence-corrected chi connectivity index (χ3v) is 2.04. The van der Waals surface area contributed by atoms with Gasteiger partial charge in [0.25, 0.3) is 0 Å². The Balaban J connectivity index is 2.08. The smallest absolute Gasteiger partial charge is 0.199 e. The predicted molar refractivity (Wildman–Crippen MR) is 48.1 cm³/mol.